The summed E-state index contributed by atoms with van der Waals surface area (Å²) in [7, 11) is 0. The van der Waals surface area contributed by atoms with Crippen LogP contribution < -0.4 is 5.73 Å². The molecule has 0 aromatic heterocycles. The molecular weight excluding hydrogens is 220 g/mol. The van der Waals surface area contributed by atoms with Crippen molar-refractivity contribution in [3.63, 3.8) is 0 Å². The van der Waals surface area contributed by atoms with Gasteiger partial charge in [-0.1, -0.05) is 24.4 Å². The Labute approximate surface area is 101 Å². The molecule has 1 aromatic rings. The monoisotopic (exact) mass is 236 g/mol. The maximum atomic E-state index is 11.9. The van der Waals surface area contributed by atoms with Gasteiger partial charge in [0, 0.05) is 24.2 Å². The molecule has 3 nitrogen and oxygen atoms in total. The molecule has 16 heavy (non-hydrogen) atoms. The predicted octanol–water partition coefficient (Wildman–Crippen LogP) is 1.80. The molecule has 0 aliphatic carbocycles. The Morgan fingerprint density at radius 3 is 2.00 bits per heavy atom. The molecule has 0 saturated carbocycles. The highest BCUT2D eigenvalue weighted by molar-refractivity contribution is 7.80. The van der Waals surface area contributed by atoms with Gasteiger partial charge in [-0.15, -0.1) is 0 Å². The van der Waals surface area contributed by atoms with Crippen LogP contribution in [0.2, 0.25) is 0 Å². The fourth-order valence-electron chi connectivity index (χ4n) is 1.47. The summed E-state index contributed by atoms with van der Waals surface area (Å²) < 4.78 is 0. The van der Waals surface area contributed by atoms with Crippen LogP contribution in [-0.2, 0) is 0 Å². The summed E-state index contributed by atoms with van der Waals surface area (Å²) in [6, 6.07) is 7.07. The van der Waals surface area contributed by atoms with E-state index in [2.05, 4.69) is 0 Å². The number of rotatable bonds is 4. The van der Waals surface area contributed by atoms with Crippen molar-refractivity contribution in [2.45, 2.75) is 13.8 Å². The predicted molar refractivity (Wildman–Crippen MR) is 69.6 cm³/mol. The number of benzene rings is 1. The number of hydrogen-bond donors (Lipinski definition) is 1. The van der Waals surface area contributed by atoms with E-state index in [9.17, 15) is 4.79 Å². The van der Waals surface area contributed by atoms with Crippen LogP contribution in [0.4, 0.5) is 0 Å². The van der Waals surface area contributed by atoms with E-state index in [0.717, 1.165) is 5.56 Å². The Kier molecular flexibility index (Phi) is 4.43. The highest BCUT2D eigenvalue weighted by atomic mass is 32.1. The Bertz CT molecular complexity index is 383. The van der Waals surface area contributed by atoms with Crippen molar-refractivity contribution in [1.29, 1.82) is 0 Å². The average Bonchev–Trinajstić information content (AvgIpc) is 2.30. The van der Waals surface area contributed by atoms with Crippen molar-refractivity contribution in [1.82, 2.24) is 4.90 Å². The molecule has 0 spiro atoms. The third-order valence-corrected chi connectivity index (χ3v) is 2.70. The van der Waals surface area contributed by atoms with Gasteiger partial charge in [-0.05, 0) is 26.0 Å². The molecule has 0 atom stereocenters. The first-order chi connectivity index (χ1) is 7.60. The fourth-order valence-corrected chi connectivity index (χ4v) is 1.61. The van der Waals surface area contributed by atoms with E-state index < -0.39 is 0 Å². The number of amides is 1. The van der Waals surface area contributed by atoms with E-state index in [1.54, 1.807) is 29.2 Å². The van der Waals surface area contributed by atoms with Gasteiger partial charge >= 0.3 is 0 Å². The number of hydrogen-bond acceptors (Lipinski definition) is 2. The quantitative estimate of drug-likeness (QED) is 0.811. The molecule has 2 N–H and O–H groups in total. The first-order valence-electron chi connectivity index (χ1n) is 5.29. The van der Waals surface area contributed by atoms with Crippen LogP contribution in [0.3, 0.4) is 0 Å². The summed E-state index contributed by atoms with van der Waals surface area (Å²) in [6.45, 7) is 5.36. The molecule has 0 aliphatic rings. The molecule has 0 heterocycles. The zero-order valence-electron chi connectivity index (χ0n) is 9.56. The summed E-state index contributed by atoms with van der Waals surface area (Å²) in [5, 5.41) is 0. The fraction of sp³-hybridized carbons (Fsp3) is 0.333. The molecule has 1 aromatic carbocycles. The van der Waals surface area contributed by atoms with Gasteiger partial charge in [0.05, 0.1) is 0 Å². The van der Waals surface area contributed by atoms with E-state index >= 15 is 0 Å². The lowest BCUT2D eigenvalue weighted by Crippen LogP contribution is -2.30. The van der Waals surface area contributed by atoms with E-state index in [-0.39, 0.29) is 5.91 Å². The molecule has 0 aliphatic heterocycles. The summed E-state index contributed by atoms with van der Waals surface area (Å²) in [6.07, 6.45) is 0. The lowest BCUT2D eigenvalue weighted by Gasteiger charge is -2.18. The second-order valence-corrected chi connectivity index (χ2v) is 3.86. The lowest BCUT2D eigenvalue weighted by molar-refractivity contribution is 0.0773. The molecule has 1 amide bonds. The van der Waals surface area contributed by atoms with Gasteiger partial charge < -0.3 is 10.6 Å². The zero-order chi connectivity index (χ0) is 12.1. The van der Waals surface area contributed by atoms with Gasteiger partial charge in [-0.2, -0.15) is 0 Å². The van der Waals surface area contributed by atoms with Crippen LogP contribution >= 0.6 is 12.2 Å². The van der Waals surface area contributed by atoms with Gasteiger partial charge in [0.25, 0.3) is 5.91 Å². The smallest absolute Gasteiger partial charge is 0.253 e. The Balaban J connectivity index is 2.89. The summed E-state index contributed by atoms with van der Waals surface area (Å²) in [5.74, 6) is 0.0412. The van der Waals surface area contributed by atoms with Gasteiger partial charge in [-0.3, -0.25) is 4.79 Å². The minimum absolute atomic E-state index is 0.0412. The maximum absolute atomic E-state index is 11.9. The highest BCUT2D eigenvalue weighted by Gasteiger charge is 2.11. The van der Waals surface area contributed by atoms with Crippen LogP contribution in [0.15, 0.2) is 24.3 Å². The van der Waals surface area contributed by atoms with Crippen LogP contribution in [0, 0.1) is 0 Å². The summed E-state index contributed by atoms with van der Waals surface area (Å²) in [5.41, 5.74) is 6.94. The Hall–Kier alpha value is -1.42. The molecule has 0 bridgehead atoms. The third kappa shape index (κ3) is 2.79. The number of nitrogens with zero attached hydrogens (tertiary/aromatic N) is 1. The van der Waals surface area contributed by atoms with Crippen LogP contribution in [0.1, 0.15) is 29.8 Å². The molecule has 0 unspecified atom stereocenters. The van der Waals surface area contributed by atoms with Crippen LogP contribution in [0.5, 0.6) is 0 Å². The number of carbonyl (C=O) groups is 1. The molecule has 0 fully saturated rings. The Morgan fingerprint density at radius 2 is 1.62 bits per heavy atom. The molecule has 0 saturated heterocycles. The third-order valence-electron chi connectivity index (χ3n) is 2.47. The standard InChI is InChI=1S/C12H16N2OS/c1-3-14(4-2)12(15)10-7-5-9(6-8-10)11(13)16/h5-8H,3-4H2,1-2H3,(H2,13,16). The molecule has 1 rings (SSSR count). The van der Waals surface area contributed by atoms with Crippen LogP contribution in [-0.4, -0.2) is 28.9 Å². The molecule has 4 heteroatoms. The van der Waals surface area contributed by atoms with E-state index in [4.69, 9.17) is 18.0 Å². The normalized spacial score (nSPS) is 9.88. The average molecular weight is 236 g/mol. The SMILES string of the molecule is CCN(CC)C(=O)c1ccc(C(N)=S)cc1. The number of nitrogens with two attached hydrogens (primary N) is 1. The van der Waals surface area contributed by atoms with E-state index in [1.165, 1.54) is 0 Å². The zero-order valence-corrected chi connectivity index (χ0v) is 10.4. The highest BCUT2D eigenvalue weighted by Crippen LogP contribution is 2.07. The van der Waals surface area contributed by atoms with Gasteiger partial charge in [0.1, 0.15) is 4.99 Å². The van der Waals surface area contributed by atoms with Crippen molar-refractivity contribution in [2.24, 2.45) is 5.73 Å². The molecule has 0 radical (unpaired) electrons. The second-order valence-electron chi connectivity index (χ2n) is 3.42. The lowest BCUT2D eigenvalue weighted by atomic mass is 10.1. The van der Waals surface area contributed by atoms with Crippen molar-refractivity contribution < 1.29 is 4.79 Å². The van der Waals surface area contributed by atoms with Crippen molar-refractivity contribution in [2.75, 3.05) is 13.1 Å². The van der Waals surface area contributed by atoms with Crippen LogP contribution in [0.25, 0.3) is 0 Å². The van der Waals surface area contributed by atoms with Gasteiger partial charge in [-0.25, -0.2) is 0 Å². The first kappa shape index (κ1) is 12.6. The topological polar surface area (TPSA) is 46.3 Å². The molecular formula is C12H16N2OS. The van der Waals surface area contributed by atoms with E-state index in [1.807, 2.05) is 13.8 Å². The first-order valence-corrected chi connectivity index (χ1v) is 5.70. The minimum Gasteiger partial charge on any atom is -0.389 e. The summed E-state index contributed by atoms with van der Waals surface area (Å²) >= 11 is 4.85. The largest absolute Gasteiger partial charge is 0.389 e. The second kappa shape index (κ2) is 5.61. The summed E-state index contributed by atoms with van der Waals surface area (Å²) in [4.78, 5) is 14.1. The number of thiocarbonyl (C=S) groups is 1. The Morgan fingerprint density at radius 1 is 1.19 bits per heavy atom. The van der Waals surface area contributed by atoms with Crippen molar-refractivity contribution >= 4 is 23.1 Å². The maximum Gasteiger partial charge on any atom is 0.253 e. The minimum atomic E-state index is 0.0412. The van der Waals surface area contributed by atoms with Crippen molar-refractivity contribution in [3.8, 4) is 0 Å². The molecule has 86 valence electrons. The van der Waals surface area contributed by atoms with E-state index in [0.29, 0.717) is 23.6 Å². The van der Waals surface area contributed by atoms with Gasteiger partial charge in [0.15, 0.2) is 0 Å². The van der Waals surface area contributed by atoms with Gasteiger partial charge in [0.2, 0.25) is 0 Å². The number of carbonyl (C=O) groups excluding carboxylic acids is 1. The van der Waals surface area contributed by atoms with Crippen molar-refractivity contribution in [3.05, 3.63) is 35.4 Å².